The minimum atomic E-state index is -2.86. The van der Waals surface area contributed by atoms with Crippen molar-refractivity contribution in [1.29, 1.82) is 5.26 Å². The number of aliphatic hydroxyl groups is 1. The average molecular weight is 521 g/mol. The lowest BCUT2D eigenvalue weighted by Gasteiger charge is -2.31. The van der Waals surface area contributed by atoms with Gasteiger partial charge in [0, 0.05) is 6.42 Å². The van der Waals surface area contributed by atoms with Crippen molar-refractivity contribution in [3.63, 3.8) is 0 Å². The molecule has 0 bridgehead atoms. The number of hydrogen-bond acceptors (Lipinski definition) is 10. The van der Waals surface area contributed by atoms with Crippen LogP contribution in [-0.2, 0) is 25.5 Å². The number of imidazole rings is 1. The van der Waals surface area contributed by atoms with Crippen LogP contribution in [-0.4, -0.2) is 77.4 Å². The fourth-order valence-electron chi connectivity index (χ4n) is 3.75. The van der Waals surface area contributed by atoms with Gasteiger partial charge in [-0.1, -0.05) is 12.1 Å². The number of carbonyl (C=O) groups is 2. The highest BCUT2D eigenvalue weighted by Crippen LogP contribution is 2.38. The number of ether oxygens (including phenoxy) is 2. The first kappa shape index (κ1) is 25.2. The van der Waals surface area contributed by atoms with Gasteiger partial charge < -0.3 is 30.5 Å². The van der Waals surface area contributed by atoms with Crippen molar-refractivity contribution in [3.8, 4) is 6.07 Å². The molecule has 188 valence electrons. The van der Waals surface area contributed by atoms with Crippen molar-refractivity contribution in [2.24, 2.45) is 0 Å². The number of carboxylic acid groups (broad SMARTS) is 2. The first-order valence-electron chi connectivity index (χ1n) is 10.2. The first-order valence-corrected chi connectivity index (χ1v) is 10.6. The Morgan fingerprint density at radius 2 is 2.00 bits per heavy atom. The zero-order valence-corrected chi connectivity index (χ0v) is 19.0. The largest absolute Gasteiger partial charge is 0.479 e. The second-order valence-electron chi connectivity index (χ2n) is 8.12. The van der Waals surface area contributed by atoms with Crippen molar-refractivity contribution in [2.75, 3.05) is 18.9 Å². The van der Waals surface area contributed by atoms with Crippen molar-refractivity contribution in [3.05, 3.63) is 47.0 Å². The molecular formula is C21H18ClFN6O7. The number of fused-ring (bicyclic) bond motifs is 1. The Labute approximate surface area is 206 Å². The van der Waals surface area contributed by atoms with E-state index in [0.29, 0.717) is 0 Å². The van der Waals surface area contributed by atoms with E-state index in [1.165, 1.54) is 24.3 Å². The molecule has 1 fully saturated rings. The summed E-state index contributed by atoms with van der Waals surface area (Å²) in [6, 6.07) is 7.38. The predicted molar refractivity (Wildman–Crippen MR) is 118 cm³/mol. The number of rotatable bonds is 8. The first-order chi connectivity index (χ1) is 17.0. The Hall–Kier alpha value is -3.90. The molecule has 0 unspecified atom stereocenters. The van der Waals surface area contributed by atoms with Gasteiger partial charge in [-0.05, 0) is 29.3 Å². The summed E-state index contributed by atoms with van der Waals surface area (Å²) in [6.07, 6.45) is -3.22. The van der Waals surface area contributed by atoms with Crippen LogP contribution >= 0.6 is 11.6 Å². The summed E-state index contributed by atoms with van der Waals surface area (Å²) in [7, 11) is 0. The Balaban J connectivity index is 1.58. The van der Waals surface area contributed by atoms with Crippen LogP contribution in [0, 0.1) is 11.3 Å². The van der Waals surface area contributed by atoms with E-state index in [2.05, 4.69) is 15.0 Å². The topological polar surface area (TPSA) is 207 Å². The molecule has 13 nitrogen and oxygen atoms in total. The van der Waals surface area contributed by atoms with Crippen LogP contribution in [0.2, 0.25) is 5.28 Å². The molecule has 5 N–H and O–H groups in total. The second-order valence-corrected chi connectivity index (χ2v) is 8.46. The molecule has 1 aromatic carbocycles. The Morgan fingerprint density at radius 3 is 2.61 bits per heavy atom. The lowest BCUT2D eigenvalue weighted by Crippen LogP contribution is -2.55. The van der Waals surface area contributed by atoms with Gasteiger partial charge in [-0.2, -0.15) is 15.2 Å². The number of halogens is 2. The number of anilines is 1. The van der Waals surface area contributed by atoms with Gasteiger partial charge in [-0.15, -0.1) is 0 Å². The third kappa shape index (κ3) is 4.29. The van der Waals surface area contributed by atoms with Gasteiger partial charge in [0.2, 0.25) is 5.28 Å². The Bertz CT molecular complexity index is 1360. The number of carboxylic acids is 2. The molecule has 3 heterocycles. The van der Waals surface area contributed by atoms with E-state index in [-0.39, 0.29) is 33.4 Å². The summed E-state index contributed by atoms with van der Waals surface area (Å²) < 4.78 is 27.2. The molecule has 1 aliphatic rings. The van der Waals surface area contributed by atoms with Crippen molar-refractivity contribution < 1.29 is 38.8 Å². The average Bonchev–Trinajstić information content (AvgIpc) is 3.37. The molecule has 0 saturated carbocycles. The number of nitrogens with zero attached hydrogens (tertiary/aromatic N) is 5. The molecule has 0 radical (unpaired) electrons. The number of nitrogens with two attached hydrogens (primary N) is 1. The van der Waals surface area contributed by atoms with E-state index < -0.39 is 55.2 Å². The Kier molecular flexibility index (Phi) is 6.50. The van der Waals surface area contributed by atoms with Crippen molar-refractivity contribution in [1.82, 2.24) is 19.5 Å². The summed E-state index contributed by atoms with van der Waals surface area (Å²) in [5, 5.41) is 39.1. The normalized spacial score (nSPS) is 21.9. The zero-order valence-electron chi connectivity index (χ0n) is 18.2. The highest BCUT2D eigenvalue weighted by molar-refractivity contribution is 6.28. The van der Waals surface area contributed by atoms with Gasteiger partial charge in [0.15, 0.2) is 23.9 Å². The maximum absolute atomic E-state index is 15.5. The number of benzene rings is 1. The maximum atomic E-state index is 15.5. The number of aromatic nitrogens is 4. The third-order valence-electron chi connectivity index (χ3n) is 5.76. The number of nitriles is 1. The van der Waals surface area contributed by atoms with Gasteiger partial charge in [-0.25, -0.2) is 19.0 Å². The van der Waals surface area contributed by atoms with Gasteiger partial charge in [0.25, 0.3) is 5.60 Å². The molecule has 3 aromatic rings. The van der Waals surface area contributed by atoms with Crippen LogP contribution in [0.1, 0.15) is 17.4 Å². The lowest BCUT2D eigenvalue weighted by molar-refractivity contribution is -0.194. The summed E-state index contributed by atoms with van der Waals surface area (Å²) >= 11 is 5.82. The van der Waals surface area contributed by atoms with Crippen molar-refractivity contribution >= 4 is 40.5 Å². The standard InChI is InChI=1S/C21H18ClFN6O7/c22-19-27-14(25)12-15(28-19)29(9-26-12)16-13(23)20(34,7-35-16)8-36-21(17(30)31,18(32)33)5-10-1-3-11(6-24)4-2-10/h1-4,9,13,16,34H,5,7-8H2,(H,30,31)(H,32,33)(H2,25,27,28)/t13-,16-,20-/m1/s1. The molecule has 1 aliphatic heterocycles. The number of aliphatic carboxylic acids is 2. The molecule has 4 rings (SSSR count). The van der Waals surface area contributed by atoms with Gasteiger partial charge >= 0.3 is 11.9 Å². The number of hydrogen-bond donors (Lipinski definition) is 4. The van der Waals surface area contributed by atoms with Gasteiger partial charge in [0.05, 0.1) is 31.2 Å². The van der Waals surface area contributed by atoms with E-state index in [1.54, 1.807) is 0 Å². The molecular weight excluding hydrogens is 503 g/mol. The quantitative estimate of drug-likeness (QED) is 0.239. The van der Waals surface area contributed by atoms with Gasteiger partial charge in [0.1, 0.15) is 11.1 Å². The van der Waals surface area contributed by atoms with E-state index in [1.807, 2.05) is 6.07 Å². The molecule has 3 atom stereocenters. The van der Waals surface area contributed by atoms with Crippen LogP contribution in [0.25, 0.3) is 11.2 Å². The van der Waals surface area contributed by atoms with Crippen LogP contribution in [0.5, 0.6) is 0 Å². The number of alkyl halides is 1. The fourth-order valence-corrected chi connectivity index (χ4v) is 3.92. The van der Waals surface area contributed by atoms with Gasteiger partial charge in [-0.3, -0.25) is 4.57 Å². The smallest absolute Gasteiger partial charge is 0.348 e. The Morgan fingerprint density at radius 1 is 1.33 bits per heavy atom. The van der Waals surface area contributed by atoms with Crippen LogP contribution < -0.4 is 5.73 Å². The van der Waals surface area contributed by atoms with E-state index in [4.69, 9.17) is 32.1 Å². The molecule has 0 spiro atoms. The van der Waals surface area contributed by atoms with Crippen molar-refractivity contribution in [2.45, 2.75) is 30.0 Å². The highest BCUT2D eigenvalue weighted by atomic mass is 35.5. The van der Waals surface area contributed by atoms with E-state index >= 15 is 4.39 Å². The van der Waals surface area contributed by atoms with Crippen LogP contribution in [0.3, 0.4) is 0 Å². The summed E-state index contributed by atoms with van der Waals surface area (Å²) in [5.74, 6) is -3.79. The molecule has 15 heteroatoms. The summed E-state index contributed by atoms with van der Waals surface area (Å²) in [4.78, 5) is 35.8. The lowest BCUT2D eigenvalue weighted by atomic mass is 9.93. The minimum absolute atomic E-state index is 0.0246. The zero-order chi connectivity index (χ0) is 26.3. The maximum Gasteiger partial charge on any atom is 0.348 e. The second kappa shape index (κ2) is 9.28. The van der Waals surface area contributed by atoms with Crippen LogP contribution in [0.15, 0.2) is 30.6 Å². The number of nitrogen functional groups attached to an aromatic ring is 1. The minimum Gasteiger partial charge on any atom is -0.479 e. The monoisotopic (exact) mass is 520 g/mol. The van der Waals surface area contributed by atoms with E-state index in [0.717, 1.165) is 10.9 Å². The molecule has 0 amide bonds. The predicted octanol–water partition coefficient (Wildman–Crippen LogP) is 0.699. The van der Waals surface area contributed by atoms with E-state index in [9.17, 15) is 24.9 Å². The molecule has 1 saturated heterocycles. The molecule has 36 heavy (non-hydrogen) atoms. The SMILES string of the molecule is N#Cc1ccc(CC(OC[C@]2(O)CO[C@@H](n3cnc4c(N)nc(Cl)nc43)[C@H]2F)(C(=O)O)C(=O)O)cc1. The third-order valence-corrected chi connectivity index (χ3v) is 5.93. The van der Waals surface area contributed by atoms with Crippen LogP contribution in [0.4, 0.5) is 10.2 Å². The summed E-state index contributed by atoms with van der Waals surface area (Å²) in [6.45, 7) is -1.71. The molecule has 0 aliphatic carbocycles. The molecule has 2 aromatic heterocycles. The highest BCUT2D eigenvalue weighted by Gasteiger charge is 2.55. The fraction of sp³-hybridized carbons (Fsp3) is 0.333. The summed E-state index contributed by atoms with van der Waals surface area (Å²) in [5.41, 5.74) is 1.10.